The van der Waals surface area contributed by atoms with E-state index in [2.05, 4.69) is 9.97 Å². The molecule has 122 valence electrons. The molecule has 0 aliphatic heterocycles. The summed E-state index contributed by atoms with van der Waals surface area (Å²) in [6.45, 7) is 0.462. The van der Waals surface area contributed by atoms with Crippen molar-refractivity contribution in [1.29, 1.82) is 0 Å². The summed E-state index contributed by atoms with van der Waals surface area (Å²) < 4.78 is 6.66. The molecule has 0 amide bonds. The van der Waals surface area contributed by atoms with Crippen molar-refractivity contribution < 1.29 is 4.74 Å². The number of benzene rings is 2. The minimum absolute atomic E-state index is 0.264. The van der Waals surface area contributed by atoms with Gasteiger partial charge in [0.25, 0.3) is 5.56 Å². The third kappa shape index (κ3) is 3.41. The Morgan fingerprint density at radius 2 is 1.80 bits per heavy atom. The maximum absolute atomic E-state index is 12.4. The third-order valence-electron chi connectivity index (χ3n) is 3.72. The van der Waals surface area contributed by atoms with E-state index in [0.29, 0.717) is 28.4 Å². The Balaban J connectivity index is 1.65. The number of rotatable bonds is 4. The first kappa shape index (κ1) is 15.5. The third-order valence-corrected chi connectivity index (χ3v) is 4.79. The second-order valence-electron chi connectivity index (χ2n) is 5.47. The lowest BCUT2D eigenvalue weighted by Crippen LogP contribution is -2.06. The molecular formula is C20H14N2O2S. The number of ether oxygens (including phenoxy) is 1. The van der Waals surface area contributed by atoms with Gasteiger partial charge in [-0.1, -0.05) is 36.4 Å². The molecule has 2 heterocycles. The van der Waals surface area contributed by atoms with Crippen LogP contribution < -0.4 is 10.3 Å². The van der Waals surface area contributed by atoms with Crippen LogP contribution in [-0.4, -0.2) is 9.97 Å². The van der Waals surface area contributed by atoms with E-state index in [0.717, 1.165) is 10.3 Å². The van der Waals surface area contributed by atoms with Crippen LogP contribution in [0.15, 0.2) is 77.7 Å². The Bertz CT molecular complexity index is 1060. The predicted octanol–water partition coefficient (Wildman–Crippen LogP) is 4.30. The first-order valence-electron chi connectivity index (χ1n) is 7.83. The highest BCUT2D eigenvalue weighted by Crippen LogP contribution is 2.27. The van der Waals surface area contributed by atoms with Crippen LogP contribution in [0.25, 0.3) is 20.8 Å². The van der Waals surface area contributed by atoms with E-state index < -0.39 is 0 Å². The zero-order valence-electron chi connectivity index (χ0n) is 13.3. The number of hydrogen-bond acceptors (Lipinski definition) is 5. The van der Waals surface area contributed by atoms with Crippen LogP contribution in [-0.2, 0) is 6.61 Å². The van der Waals surface area contributed by atoms with E-state index in [1.165, 1.54) is 11.3 Å². The van der Waals surface area contributed by atoms with E-state index in [1.807, 2.05) is 60.7 Å². The van der Waals surface area contributed by atoms with Gasteiger partial charge in [0.15, 0.2) is 0 Å². The Labute approximate surface area is 148 Å². The van der Waals surface area contributed by atoms with Crippen LogP contribution in [0.5, 0.6) is 5.75 Å². The molecule has 4 aromatic rings. The summed E-state index contributed by atoms with van der Waals surface area (Å²) in [5, 5.41) is 1.19. The summed E-state index contributed by atoms with van der Waals surface area (Å²) in [4.78, 5) is 20.8. The van der Waals surface area contributed by atoms with Crippen molar-refractivity contribution in [3.63, 3.8) is 0 Å². The highest BCUT2D eigenvalue weighted by Gasteiger charge is 2.09. The molecule has 5 heteroatoms. The van der Waals surface area contributed by atoms with Gasteiger partial charge in [0.2, 0.25) is 0 Å². The zero-order chi connectivity index (χ0) is 17.1. The lowest BCUT2D eigenvalue weighted by atomic mass is 10.2. The monoisotopic (exact) mass is 346 g/mol. The molecule has 0 N–H and O–H groups in total. The Kier molecular flexibility index (Phi) is 4.23. The second kappa shape index (κ2) is 6.83. The Hall–Kier alpha value is -3.05. The van der Waals surface area contributed by atoms with Gasteiger partial charge in [0.1, 0.15) is 17.4 Å². The molecule has 0 unspecified atom stereocenters. The molecule has 0 radical (unpaired) electrons. The van der Waals surface area contributed by atoms with Gasteiger partial charge in [-0.05, 0) is 35.9 Å². The van der Waals surface area contributed by atoms with E-state index in [9.17, 15) is 4.79 Å². The van der Waals surface area contributed by atoms with Gasteiger partial charge in [-0.2, -0.15) is 4.98 Å². The first-order valence-corrected chi connectivity index (χ1v) is 8.64. The highest BCUT2D eigenvalue weighted by molar-refractivity contribution is 7.21. The molecule has 0 bridgehead atoms. The molecule has 0 atom stereocenters. The minimum atomic E-state index is -0.264. The first-order chi connectivity index (χ1) is 12.3. The van der Waals surface area contributed by atoms with Crippen molar-refractivity contribution in [3.05, 3.63) is 88.8 Å². The lowest BCUT2D eigenvalue weighted by Gasteiger charge is -2.07. The molecule has 4 nitrogen and oxygen atoms in total. The van der Waals surface area contributed by atoms with Crippen molar-refractivity contribution >= 4 is 21.4 Å². The molecule has 0 fully saturated rings. The van der Waals surface area contributed by atoms with Crippen molar-refractivity contribution in [1.82, 2.24) is 9.97 Å². The van der Waals surface area contributed by atoms with Gasteiger partial charge < -0.3 is 4.74 Å². The standard InChI is InChI=1S/C20H14N2O2S/c23-19-16-12-15(24-13-14-6-2-1-3-7-14)9-10-18(16)25-20(22-19)17-8-4-5-11-21-17/h1-12H,13H2. The van der Waals surface area contributed by atoms with Crippen LogP contribution in [0.4, 0.5) is 0 Å². The van der Waals surface area contributed by atoms with Crippen LogP contribution in [0, 0.1) is 0 Å². The fourth-order valence-electron chi connectivity index (χ4n) is 2.47. The normalized spacial score (nSPS) is 10.7. The summed E-state index contributed by atoms with van der Waals surface area (Å²) in [6.07, 6.45) is 1.69. The number of pyridine rings is 1. The highest BCUT2D eigenvalue weighted by atomic mass is 32.1. The minimum Gasteiger partial charge on any atom is -0.489 e. The van der Waals surface area contributed by atoms with Crippen LogP contribution in [0.2, 0.25) is 0 Å². The van der Waals surface area contributed by atoms with Gasteiger partial charge >= 0.3 is 0 Å². The molecule has 2 aromatic carbocycles. The molecular weight excluding hydrogens is 332 g/mol. The van der Waals surface area contributed by atoms with Gasteiger partial charge in [0, 0.05) is 10.9 Å². The molecule has 2 aromatic heterocycles. The maximum Gasteiger partial charge on any atom is 0.279 e. The van der Waals surface area contributed by atoms with E-state index in [-0.39, 0.29) is 5.56 Å². The van der Waals surface area contributed by atoms with E-state index >= 15 is 0 Å². The number of fused-ring (bicyclic) bond motifs is 1. The molecule has 0 aliphatic rings. The largest absolute Gasteiger partial charge is 0.489 e. The maximum atomic E-state index is 12.4. The quantitative estimate of drug-likeness (QED) is 0.553. The number of nitrogens with zero attached hydrogens (tertiary/aromatic N) is 2. The van der Waals surface area contributed by atoms with Crippen molar-refractivity contribution in [2.45, 2.75) is 6.61 Å². The van der Waals surface area contributed by atoms with Crippen molar-refractivity contribution in [2.75, 3.05) is 0 Å². The fraction of sp³-hybridized carbons (Fsp3) is 0.0500. The predicted molar refractivity (Wildman–Crippen MR) is 99.9 cm³/mol. The summed E-state index contributed by atoms with van der Waals surface area (Å²) in [5.41, 5.74) is 1.52. The van der Waals surface area contributed by atoms with E-state index in [4.69, 9.17) is 4.74 Å². The topological polar surface area (TPSA) is 52.1 Å². The van der Waals surface area contributed by atoms with Gasteiger partial charge in [-0.15, -0.1) is 11.3 Å². The molecule has 25 heavy (non-hydrogen) atoms. The van der Waals surface area contributed by atoms with Gasteiger partial charge in [-0.25, -0.2) is 0 Å². The molecule has 0 aliphatic carbocycles. The Morgan fingerprint density at radius 1 is 0.960 bits per heavy atom. The summed E-state index contributed by atoms with van der Waals surface area (Å²) in [6, 6.07) is 21.0. The van der Waals surface area contributed by atoms with Crippen LogP contribution in [0.1, 0.15) is 5.56 Å². The summed E-state index contributed by atoms with van der Waals surface area (Å²) in [7, 11) is 0. The smallest absolute Gasteiger partial charge is 0.279 e. The lowest BCUT2D eigenvalue weighted by molar-refractivity contribution is 0.306. The zero-order valence-corrected chi connectivity index (χ0v) is 14.1. The molecule has 0 spiro atoms. The van der Waals surface area contributed by atoms with Gasteiger partial charge in [0.05, 0.1) is 11.1 Å². The van der Waals surface area contributed by atoms with Crippen LogP contribution >= 0.6 is 11.3 Å². The van der Waals surface area contributed by atoms with Crippen molar-refractivity contribution in [3.8, 4) is 16.5 Å². The number of hydrogen-bond donors (Lipinski definition) is 0. The second-order valence-corrected chi connectivity index (χ2v) is 6.50. The van der Waals surface area contributed by atoms with Crippen LogP contribution in [0.3, 0.4) is 0 Å². The average molecular weight is 346 g/mol. The van der Waals surface area contributed by atoms with E-state index in [1.54, 1.807) is 12.3 Å². The summed E-state index contributed by atoms with van der Waals surface area (Å²) >= 11 is 1.45. The average Bonchev–Trinajstić information content (AvgIpc) is 2.68. The number of aromatic nitrogens is 2. The van der Waals surface area contributed by atoms with Gasteiger partial charge in [-0.3, -0.25) is 9.78 Å². The summed E-state index contributed by atoms with van der Waals surface area (Å²) in [5.74, 6) is 0.660. The SMILES string of the molecule is O=c1nc(-c2ccccn2)sc2ccc(OCc3ccccc3)cc12. The fourth-order valence-corrected chi connectivity index (χ4v) is 3.43. The molecule has 4 rings (SSSR count). The molecule has 0 saturated carbocycles. The Morgan fingerprint density at radius 3 is 2.60 bits per heavy atom. The van der Waals surface area contributed by atoms with Crippen molar-refractivity contribution in [2.24, 2.45) is 0 Å². The molecule has 0 saturated heterocycles.